The molecule has 0 radical (unpaired) electrons. The Bertz CT molecular complexity index is 1000. The first-order valence-corrected chi connectivity index (χ1v) is 9.57. The summed E-state index contributed by atoms with van der Waals surface area (Å²) in [7, 11) is -0.769. The predicted molar refractivity (Wildman–Crippen MR) is 102 cm³/mol. The molecule has 2 aromatic carbocycles. The molecule has 0 saturated carbocycles. The first-order valence-electron chi connectivity index (χ1n) is 7.73. The van der Waals surface area contributed by atoms with Gasteiger partial charge in [-0.3, -0.25) is 19.2 Å². The minimum atomic E-state index is -3.51. The van der Waals surface area contributed by atoms with Gasteiger partial charge in [-0.25, -0.2) is 8.42 Å². The maximum atomic E-state index is 12.7. The van der Waals surface area contributed by atoms with Crippen molar-refractivity contribution in [2.45, 2.75) is 6.92 Å². The Labute approximate surface area is 156 Å². The Morgan fingerprint density at radius 2 is 1.89 bits per heavy atom. The monoisotopic (exact) mass is 393 g/mol. The number of aryl methyl sites for hydroxylation is 1. The third-order valence-electron chi connectivity index (χ3n) is 3.97. The van der Waals surface area contributed by atoms with Gasteiger partial charge in [-0.2, -0.15) is 0 Å². The highest BCUT2D eigenvalue weighted by molar-refractivity contribution is 7.92. The number of nitrogens with one attached hydrogen (secondary N) is 1. The van der Waals surface area contributed by atoms with Crippen LogP contribution in [0.3, 0.4) is 0 Å². The predicted octanol–water partition coefficient (Wildman–Crippen LogP) is 2.56. The molecule has 9 nitrogen and oxygen atoms in total. The van der Waals surface area contributed by atoms with Crippen LogP contribution >= 0.6 is 0 Å². The van der Waals surface area contributed by atoms with Crippen LogP contribution in [0.25, 0.3) is 0 Å². The number of ether oxygens (including phenoxy) is 1. The SMILES string of the molecule is COc1ccc(N(C)S(C)(=O)=O)cc1C(=O)Nc1cc([N+](=O)[O-])ccc1C. The molecule has 0 atom stereocenters. The average molecular weight is 393 g/mol. The average Bonchev–Trinajstić information content (AvgIpc) is 2.61. The van der Waals surface area contributed by atoms with Crippen molar-refractivity contribution in [1.29, 1.82) is 0 Å². The van der Waals surface area contributed by atoms with Crippen molar-refractivity contribution in [3.8, 4) is 5.75 Å². The van der Waals surface area contributed by atoms with Crippen LogP contribution < -0.4 is 14.4 Å². The van der Waals surface area contributed by atoms with Crippen molar-refractivity contribution in [3.63, 3.8) is 0 Å². The molecular weight excluding hydrogens is 374 g/mol. The van der Waals surface area contributed by atoms with Gasteiger partial charge in [0.15, 0.2) is 0 Å². The van der Waals surface area contributed by atoms with Gasteiger partial charge in [0, 0.05) is 19.2 Å². The first-order chi connectivity index (χ1) is 12.5. The molecule has 2 rings (SSSR count). The molecule has 0 aromatic heterocycles. The molecule has 10 heteroatoms. The number of sulfonamides is 1. The molecule has 1 N–H and O–H groups in total. The molecule has 0 saturated heterocycles. The van der Waals surface area contributed by atoms with Crippen LogP contribution in [0.2, 0.25) is 0 Å². The maximum Gasteiger partial charge on any atom is 0.271 e. The van der Waals surface area contributed by atoms with E-state index in [9.17, 15) is 23.3 Å². The fraction of sp³-hybridized carbons (Fsp3) is 0.235. The second-order valence-corrected chi connectivity index (χ2v) is 7.84. The van der Waals surface area contributed by atoms with Crippen molar-refractivity contribution in [1.82, 2.24) is 0 Å². The number of methoxy groups -OCH3 is 1. The number of carbonyl (C=O) groups excluding carboxylic acids is 1. The van der Waals surface area contributed by atoms with Crippen LogP contribution in [-0.2, 0) is 10.0 Å². The lowest BCUT2D eigenvalue weighted by molar-refractivity contribution is -0.384. The normalized spacial score (nSPS) is 11.0. The number of benzene rings is 2. The van der Waals surface area contributed by atoms with Gasteiger partial charge in [-0.1, -0.05) is 6.07 Å². The van der Waals surface area contributed by atoms with Gasteiger partial charge in [0.1, 0.15) is 5.75 Å². The summed E-state index contributed by atoms with van der Waals surface area (Å²) < 4.78 is 29.7. The van der Waals surface area contributed by atoms with E-state index in [2.05, 4.69) is 5.32 Å². The molecule has 0 spiro atoms. The summed E-state index contributed by atoms with van der Waals surface area (Å²) in [6, 6.07) is 8.49. The molecule has 0 heterocycles. The van der Waals surface area contributed by atoms with Gasteiger partial charge in [0.05, 0.1) is 35.2 Å². The quantitative estimate of drug-likeness (QED) is 0.595. The molecule has 27 heavy (non-hydrogen) atoms. The lowest BCUT2D eigenvalue weighted by Crippen LogP contribution is -2.25. The molecular formula is C17H19N3O6S. The van der Waals surface area contributed by atoms with Crippen molar-refractivity contribution < 1.29 is 22.9 Å². The molecule has 0 aliphatic rings. The molecule has 0 unspecified atom stereocenters. The fourth-order valence-corrected chi connectivity index (χ4v) is 2.81. The minimum Gasteiger partial charge on any atom is -0.496 e. The van der Waals surface area contributed by atoms with E-state index in [4.69, 9.17) is 4.74 Å². The summed E-state index contributed by atoms with van der Waals surface area (Å²) in [6.45, 7) is 1.70. The van der Waals surface area contributed by atoms with Crippen molar-refractivity contribution in [2.24, 2.45) is 0 Å². The van der Waals surface area contributed by atoms with Crippen LogP contribution in [-0.4, -0.2) is 39.7 Å². The molecule has 0 aliphatic carbocycles. The first kappa shape index (κ1) is 20.2. The van der Waals surface area contributed by atoms with E-state index in [-0.39, 0.29) is 28.4 Å². The van der Waals surface area contributed by atoms with Crippen LogP contribution in [0.15, 0.2) is 36.4 Å². The topological polar surface area (TPSA) is 119 Å². The Balaban J connectivity index is 2.44. The zero-order valence-electron chi connectivity index (χ0n) is 15.2. The summed E-state index contributed by atoms with van der Waals surface area (Å²) in [5, 5.41) is 13.6. The number of nitrogens with zero attached hydrogens (tertiary/aromatic N) is 2. The zero-order chi connectivity index (χ0) is 20.4. The van der Waals surface area contributed by atoms with Gasteiger partial charge >= 0.3 is 0 Å². The van der Waals surface area contributed by atoms with Crippen LogP contribution in [0.1, 0.15) is 15.9 Å². The van der Waals surface area contributed by atoms with Gasteiger partial charge in [-0.15, -0.1) is 0 Å². The highest BCUT2D eigenvalue weighted by Gasteiger charge is 2.19. The number of hydrogen-bond donors (Lipinski definition) is 1. The molecule has 144 valence electrons. The Morgan fingerprint density at radius 3 is 2.44 bits per heavy atom. The summed E-state index contributed by atoms with van der Waals surface area (Å²) in [5.74, 6) is -0.347. The van der Waals surface area contributed by atoms with Gasteiger partial charge in [-0.05, 0) is 30.7 Å². The number of non-ortho nitro benzene ring substituents is 1. The van der Waals surface area contributed by atoms with E-state index in [0.29, 0.717) is 5.56 Å². The van der Waals surface area contributed by atoms with Gasteiger partial charge in [0.25, 0.3) is 11.6 Å². The number of rotatable bonds is 6. The number of hydrogen-bond acceptors (Lipinski definition) is 6. The minimum absolute atomic E-state index is 0.0939. The Kier molecular flexibility index (Phi) is 5.69. The second kappa shape index (κ2) is 7.62. The molecule has 0 fully saturated rings. The standard InChI is InChI=1S/C17H19N3O6S/c1-11-5-6-13(20(22)23)10-15(11)18-17(21)14-9-12(7-8-16(14)26-3)19(2)27(4,24)25/h5-10H,1-4H3,(H,18,21). The van der Waals surface area contributed by atoms with Crippen LogP contribution in [0, 0.1) is 17.0 Å². The number of nitro groups is 1. The molecule has 2 aromatic rings. The molecule has 0 aliphatic heterocycles. The van der Waals surface area contributed by atoms with Gasteiger partial charge in [0.2, 0.25) is 10.0 Å². The third-order valence-corrected chi connectivity index (χ3v) is 5.17. The van der Waals surface area contributed by atoms with Crippen LogP contribution in [0.4, 0.5) is 17.1 Å². The lowest BCUT2D eigenvalue weighted by atomic mass is 10.1. The van der Waals surface area contributed by atoms with E-state index in [0.717, 1.165) is 10.6 Å². The maximum absolute atomic E-state index is 12.7. The highest BCUT2D eigenvalue weighted by Crippen LogP contribution is 2.28. The second-order valence-electron chi connectivity index (χ2n) is 5.83. The zero-order valence-corrected chi connectivity index (χ0v) is 16.0. The smallest absolute Gasteiger partial charge is 0.271 e. The third kappa shape index (κ3) is 4.53. The Morgan fingerprint density at radius 1 is 1.22 bits per heavy atom. The summed E-state index contributed by atoms with van der Waals surface area (Å²) in [4.78, 5) is 23.1. The lowest BCUT2D eigenvalue weighted by Gasteiger charge is -2.19. The number of anilines is 2. The number of amides is 1. The molecule has 0 bridgehead atoms. The van der Waals surface area contributed by atoms with Crippen LogP contribution in [0.5, 0.6) is 5.75 Å². The summed E-state index contributed by atoms with van der Waals surface area (Å²) in [6.07, 6.45) is 1.05. The van der Waals surface area contributed by atoms with E-state index in [1.807, 2.05) is 0 Å². The summed E-state index contributed by atoms with van der Waals surface area (Å²) >= 11 is 0. The number of carbonyl (C=O) groups is 1. The Hall–Kier alpha value is -3.14. The molecule has 1 amide bonds. The van der Waals surface area contributed by atoms with Crippen molar-refractivity contribution in [3.05, 3.63) is 57.6 Å². The highest BCUT2D eigenvalue weighted by atomic mass is 32.2. The summed E-state index contributed by atoms with van der Waals surface area (Å²) in [5.41, 5.74) is 1.12. The van der Waals surface area contributed by atoms with E-state index >= 15 is 0 Å². The number of nitro benzene ring substituents is 1. The van der Waals surface area contributed by atoms with E-state index in [1.165, 1.54) is 50.6 Å². The largest absolute Gasteiger partial charge is 0.496 e. The fourth-order valence-electron chi connectivity index (χ4n) is 2.31. The van der Waals surface area contributed by atoms with E-state index < -0.39 is 20.9 Å². The van der Waals surface area contributed by atoms with Crippen molar-refractivity contribution in [2.75, 3.05) is 30.0 Å². The van der Waals surface area contributed by atoms with Gasteiger partial charge < -0.3 is 10.1 Å². The van der Waals surface area contributed by atoms with E-state index in [1.54, 1.807) is 6.92 Å². The van der Waals surface area contributed by atoms with Crippen molar-refractivity contribution >= 4 is 33.0 Å².